The molecule has 0 radical (unpaired) electrons. The molecule has 1 rings (SSSR count). The third-order valence-corrected chi connectivity index (χ3v) is 1.63. The summed E-state index contributed by atoms with van der Waals surface area (Å²) in [5.74, 6) is 0. The highest BCUT2D eigenvalue weighted by Gasteiger charge is 1.91. The first kappa shape index (κ1) is 25.1. The highest BCUT2D eigenvalue weighted by molar-refractivity contribution is 5.25. The summed E-state index contributed by atoms with van der Waals surface area (Å²) in [6.45, 7) is 15.1. The van der Waals surface area contributed by atoms with Crippen LogP contribution in [0.4, 0.5) is 4.70 Å². The molecular weight excluding hydrogens is 213 g/mol. The minimum Gasteiger partial charge on any atom is -0.316 e. The van der Waals surface area contributed by atoms with Crippen molar-refractivity contribution in [3.8, 4) is 0 Å². The summed E-state index contributed by atoms with van der Waals surface area (Å²) in [5.41, 5.74) is 2.74. The van der Waals surface area contributed by atoms with Gasteiger partial charge in [0, 0.05) is 6.54 Å². The van der Waals surface area contributed by atoms with Gasteiger partial charge in [-0.1, -0.05) is 65.8 Å². The van der Waals surface area contributed by atoms with Crippen molar-refractivity contribution in [3.63, 3.8) is 0 Å². The van der Waals surface area contributed by atoms with Crippen LogP contribution >= 0.6 is 0 Å². The van der Waals surface area contributed by atoms with Gasteiger partial charge in [-0.2, -0.15) is 0 Å². The van der Waals surface area contributed by atoms with Gasteiger partial charge in [0.2, 0.25) is 0 Å². The molecule has 0 aliphatic rings. The van der Waals surface area contributed by atoms with Crippen LogP contribution in [0.25, 0.3) is 0 Å². The maximum atomic E-state index is 3.12. The molecule has 0 aliphatic carbocycles. The Morgan fingerprint density at radius 1 is 0.882 bits per heavy atom. The number of nitrogens with one attached hydrogen (secondary N) is 1. The zero-order valence-electron chi connectivity index (χ0n) is 12.9. The molecule has 0 unspecified atom stereocenters. The standard InChI is InChI=1S/C9H13N.3C2H6.FH/c1-8-5-3-4-6-9(8)7-10-2;3*1-2;/h3-6,10H,7H2,1-2H3;3*1-2H3;1H. The van der Waals surface area contributed by atoms with Gasteiger partial charge in [-0.25, -0.2) is 0 Å². The second-order valence-electron chi connectivity index (χ2n) is 2.46. The Hall–Kier alpha value is -0.890. The van der Waals surface area contributed by atoms with Crippen molar-refractivity contribution in [2.24, 2.45) is 0 Å². The first-order chi connectivity index (χ1) is 7.84. The van der Waals surface area contributed by atoms with E-state index in [0.29, 0.717) is 0 Å². The fourth-order valence-corrected chi connectivity index (χ4v) is 0.999. The Morgan fingerprint density at radius 2 is 1.29 bits per heavy atom. The predicted molar refractivity (Wildman–Crippen MR) is 80.5 cm³/mol. The lowest BCUT2D eigenvalue weighted by atomic mass is 10.1. The van der Waals surface area contributed by atoms with Crippen molar-refractivity contribution in [1.82, 2.24) is 5.32 Å². The van der Waals surface area contributed by atoms with Gasteiger partial charge in [0.25, 0.3) is 0 Å². The monoisotopic (exact) mass is 245 g/mol. The number of hydrogen-bond donors (Lipinski definition) is 1. The van der Waals surface area contributed by atoms with Crippen LogP contribution in [0, 0.1) is 6.92 Å². The Labute approximate surface area is 108 Å². The fourth-order valence-electron chi connectivity index (χ4n) is 0.999. The maximum Gasteiger partial charge on any atom is 0.0205 e. The van der Waals surface area contributed by atoms with Gasteiger partial charge in [0.1, 0.15) is 0 Å². The van der Waals surface area contributed by atoms with Gasteiger partial charge in [-0.15, -0.1) is 0 Å². The zero-order chi connectivity index (χ0) is 13.4. The molecule has 0 spiro atoms. The molecule has 0 saturated carbocycles. The number of rotatable bonds is 2. The topological polar surface area (TPSA) is 12.0 Å². The van der Waals surface area contributed by atoms with Crippen LogP contribution in [0.3, 0.4) is 0 Å². The fraction of sp³-hybridized carbons (Fsp3) is 0.600. The number of aryl methyl sites for hydroxylation is 1. The lowest BCUT2D eigenvalue weighted by Crippen LogP contribution is -2.05. The van der Waals surface area contributed by atoms with Crippen LogP contribution in [0.2, 0.25) is 0 Å². The minimum absolute atomic E-state index is 0. The molecule has 1 N–H and O–H groups in total. The summed E-state index contributed by atoms with van der Waals surface area (Å²) < 4.78 is 0. The van der Waals surface area contributed by atoms with Crippen molar-refractivity contribution in [2.75, 3.05) is 7.05 Å². The van der Waals surface area contributed by atoms with Crippen LogP contribution in [0.15, 0.2) is 24.3 Å². The van der Waals surface area contributed by atoms with Crippen LogP contribution < -0.4 is 5.32 Å². The Bertz CT molecular complexity index is 212. The molecule has 0 fully saturated rings. The highest BCUT2D eigenvalue weighted by atomic mass is 19.0. The van der Waals surface area contributed by atoms with E-state index in [9.17, 15) is 0 Å². The van der Waals surface area contributed by atoms with Gasteiger partial charge in [0.15, 0.2) is 0 Å². The van der Waals surface area contributed by atoms with Crippen LogP contribution in [0.1, 0.15) is 52.7 Å². The summed E-state index contributed by atoms with van der Waals surface area (Å²) >= 11 is 0. The first-order valence-electron chi connectivity index (χ1n) is 6.53. The average molecular weight is 245 g/mol. The highest BCUT2D eigenvalue weighted by Crippen LogP contribution is 2.05. The van der Waals surface area contributed by atoms with Gasteiger partial charge >= 0.3 is 0 Å². The van der Waals surface area contributed by atoms with E-state index in [0.717, 1.165) is 6.54 Å². The van der Waals surface area contributed by atoms with Crippen molar-refractivity contribution in [1.29, 1.82) is 0 Å². The second-order valence-corrected chi connectivity index (χ2v) is 2.46. The van der Waals surface area contributed by atoms with E-state index in [4.69, 9.17) is 0 Å². The minimum atomic E-state index is 0. The molecule has 1 aromatic carbocycles. The van der Waals surface area contributed by atoms with Crippen molar-refractivity contribution < 1.29 is 4.70 Å². The predicted octanol–water partition coefficient (Wildman–Crippen LogP) is 4.95. The first-order valence-corrected chi connectivity index (χ1v) is 6.53. The molecule has 0 aliphatic heterocycles. The smallest absolute Gasteiger partial charge is 0.0205 e. The molecule has 0 aromatic heterocycles. The lowest BCUT2D eigenvalue weighted by molar-refractivity contribution is 0.812. The van der Waals surface area contributed by atoms with Crippen LogP contribution in [0.5, 0.6) is 0 Å². The maximum absolute atomic E-state index is 3.12. The number of hydrogen-bond acceptors (Lipinski definition) is 1. The van der Waals surface area contributed by atoms with E-state index >= 15 is 0 Å². The van der Waals surface area contributed by atoms with Crippen LogP contribution in [-0.4, -0.2) is 7.05 Å². The molecule has 0 bridgehead atoms. The molecule has 1 nitrogen and oxygen atoms in total. The molecule has 1 aromatic rings. The van der Waals surface area contributed by atoms with E-state index in [1.54, 1.807) is 0 Å². The summed E-state index contributed by atoms with van der Waals surface area (Å²) in [7, 11) is 1.96. The van der Waals surface area contributed by atoms with Crippen molar-refractivity contribution in [2.45, 2.75) is 55.0 Å². The second kappa shape index (κ2) is 24.4. The van der Waals surface area contributed by atoms with Crippen molar-refractivity contribution in [3.05, 3.63) is 35.4 Å². The summed E-state index contributed by atoms with van der Waals surface area (Å²) in [6.07, 6.45) is 0. The Balaban J connectivity index is -0.000000106. The summed E-state index contributed by atoms with van der Waals surface area (Å²) in [5, 5.41) is 3.12. The summed E-state index contributed by atoms with van der Waals surface area (Å²) in [4.78, 5) is 0. The van der Waals surface area contributed by atoms with E-state index in [-0.39, 0.29) is 4.70 Å². The molecule has 0 atom stereocenters. The van der Waals surface area contributed by atoms with E-state index in [1.807, 2.05) is 48.6 Å². The lowest BCUT2D eigenvalue weighted by Gasteiger charge is -2.02. The molecule has 0 saturated heterocycles. The Kier molecular flexibility index (Phi) is 36.0. The van der Waals surface area contributed by atoms with Gasteiger partial charge in [0.05, 0.1) is 0 Å². The van der Waals surface area contributed by atoms with Crippen molar-refractivity contribution >= 4 is 0 Å². The van der Waals surface area contributed by atoms with E-state index in [2.05, 4.69) is 36.5 Å². The largest absolute Gasteiger partial charge is 0.316 e. The van der Waals surface area contributed by atoms with Gasteiger partial charge < -0.3 is 5.32 Å². The van der Waals surface area contributed by atoms with Gasteiger partial charge in [-0.05, 0) is 25.1 Å². The zero-order valence-corrected chi connectivity index (χ0v) is 12.9. The normalized spacial score (nSPS) is 6.82. The SMILES string of the molecule is CC.CC.CC.CNCc1ccccc1C.F. The molecular formula is C15H32FN. The number of benzene rings is 1. The molecule has 0 heterocycles. The Morgan fingerprint density at radius 3 is 1.65 bits per heavy atom. The van der Waals surface area contributed by atoms with E-state index in [1.165, 1.54) is 11.1 Å². The molecule has 17 heavy (non-hydrogen) atoms. The average Bonchev–Trinajstić information content (AvgIpc) is 2.40. The third-order valence-electron chi connectivity index (χ3n) is 1.63. The summed E-state index contributed by atoms with van der Waals surface area (Å²) in [6, 6.07) is 8.41. The van der Waals surface area contributed by atoms with Gasteiger partial charge in [-0.3, -0.25) is 4.70 Å². The van der Waals surface area contributed by atoms with E-state index < -0.39 is 0 Å². The van der Waals surface area contributed by atoms with Crippen LogP contribution in [-0.2, 0) is 6.54 Å². The molecule has 0 amide bonds. The molecule has 104 valence electrons. The number of halogens is 1. The quantitative estimate of drug-likeness (QED) is 0.777. The molecule has 2 heteroatoms. The third kappa shape index (κ3) is 15.1.